The van der Waals surface area contributed by atoms with Crippen LogP contribution in [0.5, 0.6) is 0 Å². The van der Waals surface area contributed by atoms with Crippen LogP contribution in [-0.2, 0) is 0 Å². The van der Waals surface area contributed by atoms with E-state index in [2.05, 4.69) is 72.6 Å². The molecule has 4 aliphatic carbocycles. The SMILES string of the molecule is CC1CC(Br)C2CC(C)C([Si](C)(C)C3C(C)CC4C(Br)CC(C)CC43)C2C1. The van der Waals surface area contributed by atoms with Crippen LogP contribution in [0.1, 0.15) is 66.2 Å². The van der Waals surface area contributed by atoms with Crippen molar-refractivity contribution in [3.05, 3.63) is 0 Å². The highest BCUT2D eigenvalue weighted by Crippen LogP contribution is 2.66. The second-order valence-electron chi connectivity index (χ2n) is 12.1. The lowest BCUT2D eigenvalue weighted by atomic mass is 9.76. The molecule has 0 radical (unpaired) electrons. The van der Waals surface area contributed by atoms with Gasteiger partial charge in [0.05, 0.1) is 8.07 Å². The average Bonchev–Trinajstić information content (AvgIpc) is 3.04. The molecule has 0 aromatic carbocycles. The number of alkyl halides is 2. The Kier molecular flexibility index (Phi) is 6.11. The highest BCUT2D eigenvalue weighted by atomic mass is 79.9. The van der Waals surface area contributed by atoms with Gasteiger partial charge in [-0.2, -0.15) is 0 Å². The van der Waals surface area contributed by atoms with Gasteiger partial charge in [-0.3, -0.25) is 0 Å². The molecule has 0 aliphatic heterocycles. The van der Waals surface area contributed by atoms with E-state index in [1.165, 1.54) is 38.5 Å². The van der Waals surface area contributed by atoms with Gasteiger partial charge in [-0.25, -0.2) is 0 Å². The zero-order valence-corrected chi connectivity index (χ0v) is 22.6. The lowest BCUT2D eigenvalue weighted by Crippen LogP contribution is -2.48. The van der Waals surface area contributed by atoms with Crippen molar-refractivity contribution in [1.29, 1.82) is 0 Å². The predicted molar refractivity (Wildman–Crippen MR) is 129 cm³/mol. The van der Waals surface area contributed by atoms with Gasteiger partial charge in [-0.15, -0.1) is 0 Å². The molecule has 0 nitrogen and oxygen atoms in total. The lowest BCUT2D eigenvalue weighted by Gasteiger charge is -2.49. The maximum atomic E-state index is 4.13. The molecule has 4 saturated carbocycles. The second kappa shape index (κ2) is 7.70. The number of rotatable bonds is 2. The fourth-order valence-electron chi connectivity index (χ4n) is 9.38. The highest BCUT2D eigenvalue weighted by molar-refractivity contribution is 9.09. The molecule has 156 valence electrons. The molecule has 0 saturated heterocycles. The fraction of sp³-hybridized carbons (Fsp3) is 1.00. The fourth-order valence-corrected chi connectivity index (χ4v) is 18.5. The molecular weight excluding hydrogens is 476 g/mol. The summed E-state index contributed by atoms with van der Waals surface area (Å²) in [4.78, 5) is 1.58. The molecule has 0 amide bonds. The first-order chi connectivity index (χ1) is 12.6. The first kappa shape index (κ1) is 21.4. The molecule has 12 atom stereocenters. The maximum absolute atomic E-state index is 4.13. The summed E-state index contributed by atoms with van der Waals surface area (Å²) in [5, 5.41) is 0. The van der Waals surface area contributed by atoms with E-state index in [4.69, 9.17) is 0 Å². The van der Waals surface area contributed by atoms with Gasteiger partial charge >= 0.3 is 0 Å². The van der Waals surface area contributed by atoms with Crippen LogP contribution >= 0.6 is 31.9 Å². The number of fused-ring (bicyclic) bond motifs is 2. The van der Waals surface area contributed by atoms with Gasteiger partial charge in [0.15, 0.2) is 0 Å². The molecule has 0 spiro atoms. The van der Waals surface area contributed by atoms with Crippen molar-refractivity contribution in [3.63, 3.8) is 0 Å². The summed E-state index contributed by atoms with van der Waals surface area (Å²) in [5.74, 6) is 7.72. The molecule has 3 heteroatoms. The van der Waals surface area contributed by atoms with Crippen LogP contribution in [0.4, 0.5) is 0 Å². The van der Waals surface area contributed by atoms with Gasteiger partial charge < -0.3 is 0 Å². The molecule has 0 aromatic heterocycles. The van der Waals surface area contributed by atoms with Crippen LogP contribution < -0.4 is 0 Å². The van der Waals surface area contributed by atoms with E-state index >= 15 is 0 Å². The standard InChI is InChI=1S/C24H42Br2Si/c1-13-7-19-17(21(25)9-13)11-15(3)23(19)27(5,6)24-16(4)12-18-20(24)8-14(2)10-22(18)26/h13-24H,7-12H2,1-6H3. The summed E-state index contributed by atoms with van der Waals surface area (Å²) in [6, 6.07) is 0. The third-order valence-corrected chi connectivity index (χ3v) is 17.3. The summed E-state index contributed by atoms with van der Waals surface area (Å²) in [7, 11) is -1.34. The molecule has 27 heavy (non-hydrogen) atoms. The summed E-state index contributed by atoms with van der Waals surface area (Å²) in [5.41, 5.74) is 2.12. The first-order valence-electron chi connectivity index (χ1n) is 11.9. The van der Waals surface area contributed by atoms with Crippen LogP contribution in [0, 0.1) is 47.3 Å². The van der Waals surface area contributed by atoms with E-state index in [1.54, 1.807) is 0 Å². The van der Waals surface area contributed by atoms with Crippen LogP contribution in [0.25, 0.3) is 0 Å². The van der Waals surface area contributed by atoms with Crippen LogP contribution in [0.3, 0.4) is 0 Å². The Balaban J connectivity index is 1.63. The van der Waals surface area contributed by atoms with Gasteiger partial charge in [-0.05, 0) is 97.0 Å². The van der Waals surface area contributed by atoms with Crippen molar-refractivity contribution in [3.8, 4) is 0 Å². The minimum Gasteiger partial charge on any atom is -0.0887 e. The average molecular weight is 518 g/mol. The van der Waals surface area contributed by atoms with Crippen molar-refractivity contribution < 1.29 is 0 Å². The van der Waals surface area contributed by atoms with E-state index in [0.717, 1.165) is 68.1 Å². The summed E-state index contributed by atoms with van der Waals surface area (Å²) >= 11 is 8.27. The molecule has 0 bridgehead atoms. The topological polar surface area (TPSA) is 0 Å². The first-order valence-corrected chi connectivity index (χ1v) is 16.9. The van der Waals surface area contributed by atoms with Gasteiger partial charge in [-0.1, -0.05) is 72.6 Å². The molecule has 0 N–H and O–H groups in total. The summed E-state index contributed by atoms with van der Waals surface area (Å²) in [6.45, 7) is 16.0. The van der Waals surface area contributed by atoms with Crippen molar-refractivity contribution in [2.75, 3.05) is 0 Å². The Bertz CT molecular complexity index is 502. The Morgan fingerprint density at radius 2 is 0.926 bits per heavy atom. The van der Waals surface area contributed by atoms with E-state index in [9.17, 15) is 0 Å². The quantitative estimate of drug-likeness (QED) is 0.255. The van der Waals surface area contributed by atoms with E-state index in [-0.39, 0.29) is 0 Å². The third kappa shape index (κ3) is 3.60. The maximum Gasteiger partial charge on any atom is 0.0546 e. The van der Waals surface area contributed by atoms with Crippen molar-refractivity contribution in [2.45, 2.75) is 100 Å². The number of hydrogen-bond donors (Lipinski definition) is 0. The molecule has 4 fully saturated rings. The van der Waals surface area contributed by atoms with Gasteiger partial charge in [0.1, 0.15) is 0 Å². The van der Waals surface area contributed by atoms with E-state index < -0.39 is 8.07 Å². The van der Waals surface area contributed by atoms with Crippen molar-refractivity contribution in [1.82, 2.24) is 0 Å². The highest BCUT2D eigenvalue weighted by Gasteiger charge is 2.59. The molecule has 4 aliphatic rings. The van der Waals surface area contributed by atoms with E-state index in [0.29, 0.717) is 0 Å². The Morgan fingerprint density at radius 3 is 1.30 bits per heavy atom. The Morgan fingerprint density at radius 1 is 0.556 bits per heavy atom. The summed E-state index contributed by atoms with van der Waals surface area (Å²) in [6.07, 6.45) is 8.86. The number of halogens is 2. The normalized spacial score (nSPS) is 56.0. The van der Waals surface area contributed by atoms with Crippen molar-refractivity contribution in [2.24, 2.45) is 47.3 Å². The van der Waals surface area contributed by atoms with Gasteiger partial charge in [0.2, 0.25) is 0 Å². The largest absolute Gasteiger partial charge is 0.0887 e. The predicted octanol–water partition coefficient (Wildman–Crippen LogP) is 8.37. The molecule has 4 rings (SSSR count). The smallest absolute Gasteiger partial charge is 0.0546 e. The Hall–Kier alpha value is 1.18. The van der Waals surface area contributed by atoms with Crippen LogP contribution in [0.2, 0.25) is 24.2 Å². The molecule has 0 heterocycles. The number of hydrogen-bond acceptors (Lipinski definition) is 0. The van der Waals surface area contributed by atoms with Crippen LogP contribution in [-0.4, -0.2) is 17.7 Å². The van der Waals surface area contributed by atoms with E-state index in [1.807, 2.05) is 0 Å². The zero-order chi connectivity index (χ0) is 19.7. The van der Waals surface area contributed by atoms with Crippen LogP contribution in [0.15, 0.2) is 0 Å². The molecule has 0 aromatic rings. The summed E-state index contributed by atoms with van der Waals surface area (Å²) < 4.78 is 0. The van der Waals surface area contributed by atoms with Gasteiger partial charge in [0.25, 0.3) is 0 Å². The molecular formula is C24H42Br2Si. The molecule has 12 unspecified atom stereocenters. The van der Waals surface area contributed by atoms with Crippen molar-refractivity contribution >= 4 is 39.9 Å². The lowest BCUT2D eigenvalue weighted by molar-refractivity contribution is 0.219. The monoisotopic (exact) mass is 516 g/mol. The third-order valence-electron chi connectivity index (χ3n) is 9.79. The zero-order valence-electron chi connectivity index (χ0n) is 18.4. The van der Waals surface area contributed by atoms with Gasteiger partial charge in [0, 0.05) is 9.65 Å². The Labute approximate surface area is 186 Å². The minimum atomic E-state index is -1.34. The minimum absolute atomic E-state index is 0.791. The second-order valence-corrected chi connectivity index (χ2v) is 19.5.